The summed E-state index contributed by atoms with van der Waals surface area (Å²) in [4.78, 5) is 11.3. The maximum Gasteiger partial charge on any atom is 0.422 e. The minimum Gasteiger partial charge on any atom is -0.871 e. The molecule has 0 N–H and O–H groups in total. The molecule has 2 aromatic heterocycles. The zero-order valence-electron chi connectivity index (χ0n) is 43.5. The van der Waals surface area contributed by atoms with E-state index in [2.05, 4.69) is 133 Å². The van der Waals surface area contributed by atoms with Crippen molar-refractivity contribution in [1.29, 1.82) is 0 Å². The van der Waals surface area contributed by atoms with E-state index in [0.717, 1.165) is 28.7 Å². The predicted octanol–water partition coefficient (Wildman–Crippen LogP) is 12.7. The minimum atomic E-state index is -2.23. The highest BCUT2D eigenvalue weighted by atomic mass is 16.7. The van der Waals surface area contributed by atoms with Crippen molar-refractivity contribution in [2.24, 2.45) is 0 Å². The molecule has 0 fully saturated rings. The molecular formula is C68H57BN2O7. The van der Waals surface area contributed by atoms with Crippen molar-refractivity contribution in [3.8, 4) is 23.3 Å². The van der Waals surface area contributed by atoms with Crippen molar-refractivity contribution in [1.82, 2.24) is 0 Å². The van der Waals surface area contributed by atoms with Crippen LogP contribution in [0.25, 0.3) is 64.6 Å². The van der Waals surface area contributed by atoms with Gasteiger partial charge in [-0.2, -0.15) is 0 Å². The van der Waals surface area contributed by atoms with Gasteiger partial charge in [-0.15, -0.1) is 0 Å². The van der Waals surface area contributed by atoms with Crippen molar-refractivity contribution in [3.05, 3.63) is 266 Å². The van der Waals surface area contributed by atoms with E-state index in [1.807, 2.05) is 129 Å². The van der Waals surface area contributed by atoms with Crippen molar-refractivity contribution in [3.63, 3.8) is 0 Å². The molecule has 0 unspecified atom stereocenters. The molecule has 2 heterocycles. The molecule has 0 amide bonds. The highest BCUT2D eigenvalue weighted by Gasteiger charge is 2.35. The number of pyridine rings is 2. The van der Waals surface area contributed by atoms with E-state index in [4.69, 9.17) is 23.8 Å². The van der Waals surface area contributed by atoms with Crippen molar-refractivity contribution >= 4 is 72.0 Å². The Balaban J connectivity index is 0.000000124. The average Bonchev–Trinajstić information content (AvgIpc) is 3.61. The molecule has 0 aliphatic heterocycles. The van der Waals surface area contributed by atoms with Crippen LogP contribution in [0, 0.1) is 0 Å². The van der Waals surface area contributed by atoms with Crippen LogP contribution in [0.15, 0.2) is 249 Å². The molecule has 13 aromatic rings. The number of hydrogen-bond donors (Lipinski definition) is 0. The average molecular weight is 1030 g/mol. The molecule has 0 atom stereocenters. The Bertz CT molecular complexity index is 3740. The van der Waals surface area contributed by atoms with Crippen LogP contribution in [0.5, 0.6) is 23.3 Å². The first-order chi connectivity index (χ1) is 38.4. The summed E-state index contributed by atoms with van der Waals surface area (Å²) in [5, 5.41) is 36.1. The molecule has 10 heteroatoms. The lowest BCUT2D eigenvalue weighted by atomic mass is 9.67. The Kier molecular flexibility index (Phi) is 15.4. The fraction of sp³-hybridized carbons (Fsp3) is 0.118. The van der Waals surface area contributed by atoms with Gasteiger partial charge >= 0.3 is 11.8 Å². The van der Waals surface area contributed by atoms with Gasteiger partial charge in [0.25, 0.3) is 0 Å². The third kappa shape index (κ3) is 10.4. The molecule has 0 saturated heterocycles. The molecule has 0 saturated carbocycles. The highest BCUT2D eigenvalue weighted by Crippen LogP contribution is 2.44. The first-order valence-corrected chi connectivity index (χ1v) is 26.5. The topological polar surface area (TPSA) is 100 Å². The van der Waals surface area contributed by atoms with Crippen LogP contribution < -0.4 is 38.7 Å². The van der Waals surface area contributed by atoms with Gasteiger partial charge in [0.1, 0.15) is 11.5 Å². The number of aromatic nitrogens is 2. The third-order valence-electron chi connectivity index (χ3n) is 14.3. The van der Waals surface area contributed by atoms with Gasteiger partial charge in [0.2, 0.25) is 12.4 Å². The zero-order valence-corrected chi connectivity index (χ0v) is 43.5. The molecule has 384 valence electrons. The summed E-state index contributed by atoms with van der Waals surface area (Å²) in [6, 6.07) is 81.1. The second-order valence-electron chi connectivity index (χ2n) is 18.9. The Morgan fingerprint density at radius 1 is 0.385 bits per heavy atom. The number of rotatable bonds is 16. The quantitative estimate of drug-likeness (QED) is 0.0312. The minimum absolute atomic E-state index is 0.159. The van der Waals surface area contributed by atoms with Crippen LogP contribution in [0.1, 0.15) is 43.4 Å². The van der Waals surface area contributed by atoms with E-state index in [9.17, 15) is 10.0 Å². The van der Waals surface area contributed by atoms with E-state index in [0.29, 0.717) is 31.4 Å². The van der Waals surface area contributed by atoms with Crippen LogP contribution in [0.4, 0.5) is 0 Å². The van der Waals surface area contributed by atoms with Gasteiger partial charge in [-0.25, -0.2) is 0 Å². The zero-order chi connectivity index (χ0) is 53.3. The first kappa shape index (κ1) is 51.1. The first-order valence-electron chi connectivity index (χ1n) is 26.5. The molecule has 0 radical (unpaired) electrons. The lowest BCUT2D eigenvalue weighted by molar-refractivity contribution is -0.892. The standard InChI is InChI=1S/2C23H18NO2.C22H21BO3/c2*1-2-25-24-15-4-3-8-21(24)26-20-14-12-18-10-9-16-6-5-7-17-11-13-19(20)23(18)22(16)17;24-23(25)26-18-10-17-22(19-11-4-1-5-12-19,20-13-6-2-7-14-20)21-15-8-3-9-16-21/h2*3-15H,2H2,1H3;1-9,11-16H,10,17-18H2/q2*+1;-2. The molecule has 0 aliphatic rings. The Morgan fingerprint density at radius 2 is 0.744 bits per heavy atom. The van der Waals surface area contributed by atoms with E-state index in [-0.39, 0.29) is 12.0 Å². The Labute approximate surface area is 454 Å². The normalized spacial score (nSPS) is 11.4. The predicted molar refractivity (Wildman–Crippen MR) is 308 cm³/mol. The van der Waals surface area contributed by atoms with E-state index in [1.165, 1.54) is 70.6 Å². The number of hydrogen-bond acceptors (Lipinski definition) is 7. The molecular weight excluding hydrogens is 968 g/mol. The maximum absolute atomic E-state index is 10.7. The van der Waals surface area contributed by atoms with E-state index < -0.39 is 7.32 Å². The number of ether oxygens (including phenoxy) is 2. The van der Waals surface area contributed by atoms with Gasteiger partial charge in [0.05, 0.1) is 19.5 Å². The van der Waals surface area contributed by atoms with Crippen LogP contribution in [0.2, 0.25) is 0 Å². The highest BCUT2D eigenvalue weighted by molar-refractivity contribution is 6.28. The van der Waals surface area contributed by atoms with Gasteiger partial charge in [-0.1, -0.05) is 176 Å². The number of benzene rings is 11. The van der Waals surface area contributed by atoms with Crippen LogP contribution in [-0.4, -0.2) is 27.1 Å². The molecule has 13 rings (SSSR count). The summed E-state index contributed by atoms with van der Waals surface area (Å²) < 4.78 is 20.6. The van der Waals surface area contributed by atoms with Crippen molar-refractivity contribution < 1.29 is 43.3 Å². The summed E-state index contributed by atoms with van der Waals surface area (Å²) in [5.41, 5.74) is 3.17. The molecule has 9 nitrogen and oxygen atoms in total. The van der Waals surface area contributed by atoms with E-state index >= 15 is 0 Å². The van der Waals surface area contributed by atoms with Crippen LogP contribution >= 0.6 is 0 Å². The van der Waals surface area contributed by atoms with Crippen LogP contribution in [0.3, 0.4) is 0 Å². The Morgan fingerprint density at radius 3 is 1.13 bits per heavy atom. The van der Waals surface area contributed by atoms with Gasteiger partial charge in [-0.3, -0.25) is 9.68 Å². The molecule has 78 heavy (non-hydrogen) atoms. The lowest BCUT2D eigenvalue weighted by Crippen LogP contribution is -2.48. The van der Waals surface area contributed by atoms with Crippen molar-refractivity contribution in [2.45, 2.75) is 32.1 Å². The van der Waals surface area contributed by atoms with Gasteiger partial charge in [0, 0.05) is 55.2 Å². The summed E-state index contributed by atoms with van der Waals surface area (Å²) in [5.74, 6) is 2.97. The van der Waals surface area contributed by atoms with Crippen molar-refractivity contribution in [2.75, 3.05) is 19.8 Å². The maximum atomic E-state index is 10.7. The largest absolute Gasteiger partial charge is 0.871 e. The molecule has 0 bridgehead atoms. The molecule has 0 aliphatic carbocycles. The van der Waals surface area contributed by atoms with Gasteiger partial charge in [0.15, 0.2) is 13.2 Å². The molecule has 0 spiro atoms. The monoisotopic (exact) mass is 1020 g/mol. The summed E-state index contributed by atoms with van der Waals surface area (Å²) >= 11 is 0. The van der Waals surface area contributed by atoms with Gasteiger partial charge in [-0.05, 0) is 123 Å². The fourth-order valence-electron chi connectivity index (χ4n) is 10.9. The second-order valence-corrected chi connectivity index (χ2v) is 18.9. The third-order valence-corrected chi connectivity index (χ3v) is 14.3. The fourth-order valence-corrected chi connectivity index (χ4v) is 10.9. The summed E-state index contributed by atoms with van der Waals surface area (Å²) in [6.45, 7) is 5.22. The summed E-state index contributed by atoms with van der Waals surface area (Å²) in [6.07, 6.45) is 5.06. The SMILES string of the molecule is CCO[n+]1ccccc1Oc1ccc2ccc3cccc4ccc1c2c34.CCO[n+]1ccccc1Oc1ccc2ccc3cccc4ccc1c2c34.[O-]B([O-])OCCCC(c1ccccc1)(c1ccccc1)c1ccccc1. The van der Waals surface area contributed by atoms with Crippen LogP contribution in [-0.2, 0) is 10.1 Å². The summed E-state index contributed by atoms with van der Waals surface area (Å²) in [7, 11) is -2.23. The van der Waals surface area contributed by atoms with Gasteiger partial charge < -0.3 is 24.2 Å². The lowest BCUT2D eigenvalue weighted by Gasteiger charge is -2.37. The second kappa shape index (κ2) is 23.5. The number of nitrogens with zero attached hydrogens (tertiary/aromatic N) is 2. The molecule has 11 aromatic carbocycles. The van der Waals surface area contributed by atoms with E-state index in [1.54, 1.807) is 9.46 Å². The smallest absolute Gasteiger partial charge is 0.422 e. The Hall–Kier alpha value is -9.06.